The third-order valence-corrected chi connectivity index (χ3v) is 2.74. The molecule has 1 atom stereocenters. The van der Waals surface area contributed by atoms with Crippen molar-refractivity contribution in [2.24, 2.45) is 5.92 Å². The van der Waals surface area contributed by atoms with Gasteiger partial charge in [0.15, 0.2) is 5.78 Å². The second kappa shape index (κ2) is 5.81. The highest BCUT2D eigenvalue weighted by atomic mass is 79.9. The van der Waals surface area contributed by atoms with Crippen LogP contribution in [0.3, 0.4) is 0 Å². The molecule has 0 aliphatic rings. The van der Waals surface area contributed by atoms with Gasteiger partial charge in [0, 0.05) is 10.9 Å². The normalized spacial score (nSPS) is 12.2. The zero-order chi connectivity index (χ0) is 12.1. The monoisotopic (exact) mass is 279 g/mol. The van der Waals surface area contributed by atoms with Crippen LogP contribution in [0.25, 0.3) is 0 Å². The fourth-order valence-electron chi connectivity index (χ4n) is 1.54. The van der Waals surface area contributed by atoms with Crippen molar-refractivity contribution >= 4 is 21.7 Å². The molecule has 0 radical (unpaired) electrons. The number of benzene rings is 1. The highest BCUT2D eigenvalue weighted by Crippen LogP contribution is 2.22. The molecule has 0 aromatic heterocycles. The number of halogens is 1. The number of carbonyl (C=O) groups is 1. The van der Waals surface area contributed by atoms with Gasteiger partial charge in [0.1, 0.15) is 5.92 Å². The summed E-state index contributed by atoms with van der Waals surface area (Å²) in [6.45, 7) is 3.96. The molecular formula is C13H14BrNO. The molecular weight excluding hydrogens is 266 g/mol. The van der Waals surface area contributed by atoms with Crippen molar-refractivity contribution in [3.05, 3.63) is 34.3 Å². The van der Waals surface area contributed by atoms with Crippen LogP contribution >= 0.6 is 15.9 Å². The van der Waals surface area contributed by atoms with Crippen LogP contribution in [0.2, 0.25) is 0 Å². The summed E-state index contributed by atoms with van der Waals surface area (Å²) in [6.07, 6.45) is 0.449. The molecule has 0 aliphatic heterocycles. The van der Waals surface area contributed by atoms with Crippen LogP contribution in [0.4, 0.5) is 0 Å². The van der Waals surface area contributed by atoms with Crippen molar-refractivity contribution in [3.63, 3.8) is 0 Å². The fourth-order valence-corrected chi connectivity index (χ4v) is 1.96. The lowest BCUT2D eigenvalue weighted by atomic mass is 9.91. The van der Waals surface area contributed by atoms with Gasteiger partial charge in [-0.25, -0.2) is 0 Å². The first-order valence-corrected chi connectivity index (χ1v) is 6.01. The Labute approximate surface area is 104 Å². The van der Waals surface area contributed by atoms with E-state index in [1.807, 2.05) is 38.1 Å². The van der Waals surface area contributed by atoms with E-state index in [9.17, 15) is 4.79 Å². The van der Waals surface area contributed by atoms with E-state index in [0.29, 0.717) is 6.42 Å². The first-order chi connectivity index (χ1) is 7.54. The number of hydrogen-bond acceptors (Lipinski definition) is 2. The Balaban J connectivity index is 2.91. The molecule has 0 fully saturated rings. The summed E-state index contributed by atoms with van der Waals surface area (Å²) in [5.41, 5.74) is 0.766. The molecule has 0 spiro atoms. The highest BCUT2D eigenvalue weighted by Gasteiger charge is 2.20. The Morgan fingerprint density at radius 2 is 2.19 bits per heavy atom. The standard InChI is InChI=1S/C13H14BrNO/c1-9(2)6-13(16)12(8-15)10-4-3-5-11(14)7-10/h3-5,7,9,12H,6H2,1-2H3. The topological polar surface area (TPSA) is 40.9 Å². The molecule has 16 heavy (non-hydrogen) atoms. The Hall–Kier alpha value is -1.14. The van der Waals surface area contributed by atoms with Crippen LogP contribution in [-0.2, 0) is 4.79 Å². The minimum atomic E-state index is -0.639. The summed E-state index contributed by atoms with van der Waals surface area (Å²) < 4.78 is 0.891. The largest absolute Gasteiger partial charge is 0.298 e. The van der Waals surface area contributed by atoms with E-state index < -0.39 is 5.92 Å². The van der Waals surface area contributed by atoms with Gasteiger partial charge >= 0.3 is 0 Å². The molecule has 1 aromatic rings. The van der Waals surface area contributed by atoms with Gasteiger partial charge in [-0.15, -0.1) is 0 Å². The van der Waals surface area contributed by atoms with Crippen molar-refractivity contribution in [2.75, 3.05) is 0 Å². The minimum Gasteiger partial charge on any atom is -0.298 e. The predicted octanol–water partition coefficient (Wildman–Crippen LogP) is 3.67. The number of carbonyl (C=O) groups excluding carboxylic acids is 1. The quantitative estimate of drug-likeness (QED) is 0.844. The molecule has 0 aliphatic carbocycles. The Morgan fingerprint density at radius 3 is 2.69 bits per heavy atom. The lowest BCUT2D eigenvalue weighted by Gasteiger charge is -2.10. The summed E-state index contributed by atoms with van der Waals surface area (Å²) >= 11 is 3.34. The van der Waals surface area contributed by atoms with Crippen molar-refractivity contribution in [2.45, 2.75) is 26.2 Å². The first kappa shape index (κ1) is 12.9. The van der Waals surface area contributed by atoms with Crippen LogP contribution in [0.1, 0.15) is 31.7 Å². The fraction of sp³-hybridized carbons (Fsp3) is 0.385. The third kappa shape index (κ3) is 3.46. The average Bonchev–Trinajstić information content (AvgIpc) is 2.17. The van der Waals surface area contributed by atoms with Crippen LogP contribution in [-0.4, -0.2) is 5.78 Å². The number of hydrogen-bond donors (Lipinski definition) is 0. The average molecular weight is 280 g/mol. The van der Waals surface area contributed by atoms with Gasteiger partial charge in [0.25, 0.3) is 0 Å². The van der Waals surface area contributed by atoms with E-state index in [2.05, 4.69) is 22.0 Å². The summed E-state index contributed by atoms with van der Waals surface area (Å²) in [5.74, 6) is -0.356. The van der Waals surface area contributed by atoms with Crippen LogP contribution in [0, 0.1) is 17.2 Å². The van der Waals surface area contributed by atoms with Gasteiger partial charge in [-0.2, -0.15) is 5.26 Å². The van der Waals surface area contributed by atoms with Crippen molar-refractivity contribution in [1.82, 2.24) is 0 Å². The van der Waals surface area contributed by atoms with E-state index in [-0.39, 0.29) is 11.7 Å². The number of rotatable bonds is 4. The SMILES string of the molecule is CC(C)CC(=O)C(C#N)c1cccc(Br)c1. The van der Waals surface area contributed by atoms with Crippen molar-refractivity contribution in [1.29, 1.82) is 5.26 Å². The summed E-state index contributed by atoms with van der Waals surface area (Å²) in [4.78, 5) is 11.9. The lowest BCUT2D eigenvalue weighted by Crippen LogP contribution is -2.13. The smallest absolute Gasteiger partial charge is 0.154 e. The predicted molar refractivity (Wildman–Crippen MR) is 67.0 cm³/mol. The molecule has 0 saturated heterocycles. The molecule has 1 aromatic carbocycles. The van der Waals surface area contributed by atoms with Gasteiger partial charge in [-0.3, -0.25) is 4.79 Å². The first-order valence-electron chi connectivity index (χ1n) is 5.22. The van der Waals surface area contributed by atoms with Gasteiger partial charge in [-0.1, -0.05) is 41.9 Å². The molecule has 2 nitrogen and oxygen atoms in total. The van der Waals surface area contributed by atoms with Gasteiger partial charge in [0.2, 0.25) is 0 Å². The molecule has 0 saturated carbocycles. The van der Waals surface area contributed by atoms with Crippen LogP contribution in [0.15, 0.2) is 28.7 Å². The molecule has 0 heterocycles. The van der Waals surface area contributed by atoms with E-state index >= 15 is 0 Å². The molecule has 84 valence electrons. The van der Waals surface area contributed by atoms with E-state index in [1.165, 1.54) is 0 Å². The maximum Gasteiger partial charge on any atom is 0.154 e. The van der Waals surface area contributed by atoms with E-state index in [4.69, 9.17) is 5.26 Å². The van der Waals surface area contributed by atoms with Gasteiger partial charge in [0.05, 0.1) is 6.07 Å². The maximum atomic E-state index is 11.9. The minimum absolute atomic E-state index is 0.00407. The zero-order valence-corrected chi connectivity index (χ0v) is 11.0. The second-order valence-corrected chi connectivity index (χ2v) is 5.10. The molecule has 3 heteroatoms. The van der Waals surface area contributed by atoms with Crippen molar-refractivity contribution in [3.8, 4) is 6.07 Å². The Kier molecular flexibility index (Phi) is 4.70. The van der Waals surface area contributed by atoms with Crippen LogP contribution < -0.4 is 0 Å². The van der Waals surface area contributed by atoms with Crippen molar-refractivity contribution < 1.29 is 4.79 Å². The Bertz CT molecular complexity index is 420. The molecule has 1 unspecified atom stereocenters. The zero-order valence-electron chi connectivity index (χ0n) is 9.40. The number of nitriles is 1. The van der Waals surface area contributed by atoms with E-state index in [1.54, 1.807) is 0 Å². The maximum absolute atomic E-state index is 11.9. The van der Waals surface area contributed by atoms with E-state index in [0.717, 1.165) is 10.0 Å². The summed E-state index contributed by atoms with van der Waals surface area (Å²) in [7, 11) is 0. The van der Waals surface area contributed by atoms with Gasteiger partial charge in [-0.05, 0) is 23.6 Å². The summed E-state index contributed by atoms with van der Waals surface area (Å²) in [5, 5.41) is 9.07. The molecule has 0 N–H and O–H groups in total. The van der Waals surface area contributed by atoms with Gasteiger partial charge < -0.3 is 0 Å². The lowest BCUT2D eigenvalue weighted by molar-refractivity contribution is -0.120. The summed E-state index contributed by atoms with van der Waals surface area (Å²) in [6, 6.07) is 9.44. The third-order valence-electron chi connectivity index (χ3n) is 2.24. The molecule has 1 rings (SSSR count). The highest BCUT2D eigenvalue weighted by molar-refractivity contribution is 9.10. The second-order valence-electron chi connectivity index (χ2n) is 4.18. The number of ketones is 1. The van der Waals surface area contributed by atoms with Crippen LogP contribution in [0.5, 0.6) is 0 Å². The molecule has 0 bridgehead atoms. The molecule has 0 amide bonds. The number of Topliss-reactive ketones (excluding diaryl/α,β-unsaturated/α-hetero) is 1. The Morgan fingerprint density at radius 1 is 1.50 bits per heavy atom. The number of nitrogens with zero attached hydrogens (tertiary/aromatic N) is 1.